The van der Waals surface area contributed by atoms with Gasteiger partial charge in [0.25, 0.3) is 0 Å². The highest BCUT2D eigenvalue weighted by Crippen LogP contribution is 2.32. The van der Waals surface area contributed by atoms with E-state index in [4.69, 9.17) is 4.42 Å². The van der Waals surface area contributed by atoms with Crippen molar-refractivity contribution < 1.29 is 18.8 Å². The molecule has 29 heavy (non-hydrogen) atoms. The van der Waals surface area contributed by atoms with Crippen molar-refractivity contribution >= 4 is 28.8 Å². The molecule has 0 spiro atoms. The molecule has 0 bridgehead atoms. The lowest BCUT2D eigenvalue weighted by molar-refractivity contribution is -0.144. The number of aryl methyl sites for hydroxylation is 2. The van der Waals surface area contributed by atoms with Gasteiger partial charge in [0.05, 0.1) is 6.54 Å². The molecule has 1 aromatic heterocycles. The third kappa shape index (κ3) is 3.24. The second-order valence-electron chi connectivity index (χ2n) is 8.20. The lowest BCUT2D eigenvalue weighted by Gasteiger charge is -2.34. The minimum absolute atomic E-state index is 0.133. The molecule has 0 unspecified atom stereocenters. The van der Waals surface area contributed by atoms with Crippen LogP contribution in [-0.2, 0) is 16.1 Å². The Labute approximate surface area is 168 Å². The number of hydrogen-bond acceptors (Lipinski definition) is 5. The van der Waals surface area contributed by atoms with Crippen LogP contribution in [0.15, 0.2) is 27.4 Å². The number of urea groups is 1. The molecular weight excluding hydrogens is 372 g/mol. The fourth-order valence-corrected chi connectivity index (χ4v) is 4.42. The predicted molar refractivity (Wildman–Crippen MR) is 106 cm³/mol. The first kappa shape index (κ1) is 19.4. The second kappa shape index (κ2) is 7.13. The number of imide groups is 2. The Hall–Kier alpha value is -2.96. The van der Waals surface area contributed by atoms with E-state index in [1.165, 1.54) is 6.07 Å². The Bertz CT molecular complexity index is 1090. The molecule has 2 atom stereocenters. The SMILES string of the molecule is Cc1cc2oc(=O)cc(CN3C(=O)C(=O)N([C@H]4CCCC[C@@H]4C)C3=O)c2cc1C. The highest BCUT2D eigenvalue weighted by atomic mass is 16.4. The minimum Gasteiger partial charge on any atom is -0.423 e. The number of amides is 4. The average molecular weight is 396 g/mol. The molecule has 1 aliphatic carbocycles. The third-order valence-corrected chi connectivity index (χ3v) is 6.25. The zero-order chi connectivity index (χ0) is 20.9. The van der Waals surface area contributed by atoms with Crippen molar-refractivity contribution in [2.45, 2.75) is 59.0 Å². The van der Waals surface area contributed by atoms with Gasteiger partial charge in [0.1, 0.15) is 5.58 Å². The average Bonchev–Trinajstić information content (AvgIpc) is 2.87. The van der Waals surface area contributed by atoms with Gasteiger partial charge >= 0.3 is 23.5 Å². The van der Waals surface area contributed by atoms with E-state index in [0.29, 0.717) is 16.5 Å². The molecule has 1 saturated carbocycles. The highest BCUT2D eigenvalue weighted by Gasteiger charge is 2.49. The lowest BCUT2D eigenvalue weighted by atomic mass is 9.85. The third-order valence-electron chi connectivity index (χ3n) is 6.25. The summed E-state index contributed by atoms with van der Waals surface area (Å²) in [6.07, 6.45) is 3.65. The van der Waals surface area contributed by atoms with Gasteiger partial charge in [0.15, 0.2) is 0 Å². The second-order valence-corrected chi connectivity index (χ2v) is 8.20. The predicted octanol–water partition coefficient (Wildman–Crippen LogP) is 3.28. The Morgan fingerprint density at radius 2 is 1.66 bits per heavy atom. The van der Waals surface area contributed by atoms with Crippen molar-refractivity contribution in [2.75, 3.05) is 0 Å². The fourth-order valence-electron chi connectivity index (χ4n) is 4.42. The molecule has 4 amide bonds. The van der Waals surface area contributed by atoms with Gasteiger partial charge in [-0.1, -0.05) is 19.8 Å². The summed E-state index contributed by atoms with van der Waals surface area (Å²) in [6.45, 7) is 5.73. The monoisotopic (exact) mass is 396 g/mol. The number of benzene rings is 1. The summed E-state index contributed by atoms with van der Waals surface area (Å²) >= 11 is 0. The van der Waals surface area contributed by atoms with Crippen LogP contribution in [0.25, 0.3) is 11.0 Å². The molecule has 2 fully saturated rings. The molecule has 1 aliphatic heterocycles. The Balaban J connectivity index is 1.70. The summed E-state index contributed by atoms with van der Waals surface area (Å²) in [5.74, 6) is -1.44. The zero-order valence-electron chi connectivity index (χ0n) is 16.9. The number of hydrogen-bond donors (Lipinski definition) is 0. The van der Waals surface area contributed by atoms with E-state index in [1.807, 2.05) is 26.8 Å². The van der Waals surface area contributed by atoms with Crippen LogP contribution in [-0.4, -0.2) is 33.7 Å². The van der Waals surface area contributed by atoms with E-state index >= 15 is 0 Å². The maximum Gasteiger partial charge on any atom is 0.336 e. The van der Waals surface area contributed by atoms with E-state index in [1.54, 1.807) is 6.07 Å². The first-order valence-electron chi connectivity index (χ1n) is 10.0. The largest absolute Gasteiger partial charge is 0.423 e. The van der Waals surface area contributed by atoms with Crippen molar-refractivity contribution in [3.8, 4) is 0 Å². The number of rotatable bonds is 3. The van der Waals surface area contributed by atoms with Gasteiger partial charge in [-0.2, -0.15) is 0 Å². The van der Waals surface area contributed by atoms with Gasteiger partial charge in [0.2, 0.25) is 0 Å². The molecule has 1 saturated heterocycles. The van der Waals surface area contributed by atoms with E-state index in [-0.39, 0.29) is 18.5 Å². The van der Waals surface area contributed by atoms with Crippen LogP contribution >= 0.6 is 0 Å². The smallest absolute Gasteiger partial charge is 0.336 e. The van der Waals surface area contributed by atoms with E-state index in [2.05, 4.69) is 0 Å². The summed E-state index contributed by atoms with van der Waals surface area (Å²) in [6, 6.07) is 4.08. The van der Waals surface area contributed by atoms with Crippen LogP contribution in [0.4, 0.5) is 4.79 Å². The minimum atomic E-state index is -0.835. The van der Waals surface area contributed by atoms with Crippen molar-refractivity contribution in [1.29, 1.82) is 0 Å². The van der Waals surface area contributed by atoms with Crippen molar-refractivity contribution in [2.24, 2.45) is 5.92 Å². The van der Waals surface area contributed by atoms with Crippen LogP contribution in [0.2, 0.25) is 0 Å². The maximum atomic E-state index is 13.0. The fraction of sp³-hybridized carbons (Fsp3) is 0.455. The van der Waals surface area contributed by atoms with Crippen LogP contribution in [0.1, 0.15) is 49.3 Å². The molecule has 152 valence electrons. The number of carbonyl (C=O) groups excluding carboxylic acids is 3. The normalized spacial score (nSPS) is 22.8. The van der Waals surface area contributed by atoms with E-state index in [9.17, 15) is 19.2 Å². The first-order valence-corrected chi connectivity index (χ1v) is 10.0. The van der Waals surface area contributed by atoms with E-state index < -0.39 is 23.5 Å². The summed E-state index contributed by atoms with van der Waals surface area (Å²) in [4.78, 5) is 52.4. The van der Waals surface area contributed by atoms with Crippen molar-refractivity contribution in [3.05, 3.63) is 45.3 Å². The number of nitrogens with zero attached hydrogens (tertiary/aromatic N) is 2. The van der Waals surface area contributed by atoms with Crippen LogP contribution in [0.3, 0.4) is 0 Å². The zero-order valence-corrected chi connectivity index (χ0v) is 16.9. The Morgan fingerprint density at radius 3 is 2.38 bits per heavy atom. The van der Waals surface area contributed by atoms with Gasteiger partial charge in [-0.25, -0.2) is 9.59 Å². The molecule has 2 heterocycles. The first-order chi connectivity index (χ1) is 13.8. The molecule has 2 aromatic rings. The lowest BCUT2D eigenvalue weighted by Crippen LogP contribution is -2.46. The van der Waals surface area contributed by atoms with Gasteiger partial charge in [0, 0.05) is 17.5 Å². The summed E-state index contributed by atoms with van der Waals surface area (Å²) in [7, 11) is 0. The van der Waals surface area contributed by atoms with Crippen LogP contribution in [0, 0.1) is 19.8 Å². The summed E-state index contributed by atoms with van der Waals surface area (Å²) < 4.78 is 5.29. The highest BCUT2D eigenvalue weighted by molar-refractivity contribution is 6.44. The molecule has 1 aromatic carbocycles. The Morgan fingerprint density at radius 1 is 0.966 bits per heavy atom. The van der Waals surface area contributed by atoms with Gasteiger partial charge in [-0.15, -0.1) is 0 Å². The maximum absolute atomic E-state index is 13.0. The number of carbonyl (C=O) groups is 3. The van der Waals surface area contributed by atoms with Crippen LogP contribution in [0.5, 0.6) is 0 Å². The van der Waals surface area contributed by atoms with Crippen LogP contribution < -0.4 is 5.63 Å². The molecule has 7 nitrogen and oxygen atoms in total. The van der Waals surface area contributed by atoms with Gasteiger partial charge < -0.3 is 4.42 Å². The van der Waals surface area contributed by atoms with Crippen molar-refractivity contribution in [1.82, 2.24) is 9.80 Å². The van der Waals surface area contributed by atoms with E-state index in [0.717, 1.165) is 46.6 Å². The molecule has 2 aliphatic rings. The molecule has 7 heteroatoms. The standard InChI is InChI=1S/C22H24N2O5/c1-12-6-4-5-7-17(12)24-21(27)20(26)23(22(24)28)11-15-10-19(25)29-18-9-14(3)13(2)8-16(15)18/h8-10,12,17H,4-7,11H2,1-3H3/t12-,17-/m0/s1. The summed E-state index contributed by atoms with van der Waals surface area (Å²) in [5.41, 5.74) is 2.31. The van der Waals surface area contributed by atoms with Crippen molar-refractivity contribution in [3.63, 3.8) is 0 Å². The molecule has 0 N–H and O–H groups in total. The quantitative estimate of drug-likeness (QED) is 0.451. The molecule has 0 radical (unpaired) electrons. The number of fused-ring (bicyclic) bond motifs is 1. The Kier molecular flexibility index (Phi) is 4.76. The molecule has 4 rings (SSSR count). The summed E-state index contributed by atoms with van der Waals surface area (Å²) in [5, 5.41) is 0.658. The van der Waals surface area contributed by atoms with Gasteiger partial charge in [-0.05, 0) is 61.4 Å². The molecular formula is C22H24N2O5. The topological polar surface area (TPSA) is 87.9 Å². The van der Waals surface area contributed by atoms with Gasteiger partial charge in [-0.3, -0.25) is 19.4 Å².